The number of aromatic nitrogens is 4. The molecule has 4 nitrogen and oxygen atoms in total. The van der Waals surface area contributed by atoms with Crippen LogP contribution in [-0.4, -0.2) is 9.13 Å². The predicted molar refractivity (Wildman–Crippen MR) is 51.2 cm³/mol. The molecule has 2 rings (SSSR count). The maximum Gasteiger partial charge on any atom is 0.243 e. The van der Waals surface area contributed by atoms with Gasteiger partial charge >= 0.3 is 0 Å². The number of halogens is 2. The maximum absolute atomic E-state index is 2.18. The molecule has 90 valence electrons. The summed E-state index contributed by atoms with van der Waals surface area (Å²) in [6, 6.07) is 0. The second-order valence-electron chi connectivity index (χ2n) is 3.63. The normalized spacial score (nSPS) is 9.38. The van der Waals surface area contributed by atoms with Crippen LogP contribution in [0.3, 0.4) is 0 Å². The first-order chi connectivity index (χ1) is 6.74. The van der Waals surface area contributed by atoms with Crippen LogP contribution in [0, 0.1) is 0 Å². The lowest BCUT2D eigenvalue weighted by molar-refractivity contribution is -0.671. The first-order valence-electron chi connectivity index (χ1n) is 4.76. The molecule has 0 aliphatic heterocycles. The van der Waals surface area contributed by atoms with E-state index in [0.717, 1.165) is 13.1 Å². The molecule has 0 spiro atoms. The maximum atomic E-state index is 2.18. The molecule has 0 N–H and O–H groups in total. The monoisotopic (exact) mass is 446 g/mol. The minimum Gasteiger partial charge on any atom is -1.00 e. The van der Waals surface area contributed by atoms with Crippen LogP contribution in [0.5, 0.6) is 0 Å². The summed E-state index contributed by atoms with van der Waals surface area (Å²) in [4.78, 5) is 0. The molecule has 0 saturated carbocycles. The van der Waals surface area contributed by atoms with Crippen molar-refractivity contribution in [3.63, 3.8) is 0 Å². The second-order valence-corrected chi connectivity index (χ2v) is 3.63. The third-order valence-corrected chi connectivity index (χ3v) is 2.26. The highest BCUT2D eigenvalue weighted by molar-refractivity contribution is 4.69. The topological polar surface area (TPSA) is 17.6 Å². The highest BCUT2D eigenvalue weighted by atomic mass is 127. The average molecular weight is 446 g/mol. The van der Waals surface area contributed by atoms with Crippen LogP contribution >= 0.6 is 0 Å². The van der Waals surface area contributed by atoms with Crippen LogP contribution in [0.2, 0.25) is 0 Å². The summed E-state index contributed by atoms with van der Waals surface area (Å²) in [6.45, 7) is 2.02. The Morgan fingerprint density at radius 1 is 0.812 bits per heavy atom. The number of hydrogen-bond acceptors (Lipinski definition) is 0. The molecule has 0 amide bonds. The van der Waals surface area contributed by atoms with Gasteiger partial charge in [0.1, 0.15) is 37.9 Å². The number of aryl methyl sites for hydroxylation is 4. The van der Waals surface area contributed by atoms with E-state index in [-0.39, 0.29) is 48.0 Å². The number of nitrogens with zero attached hydrogens (tertiary/aromatic N) is 4. The molecule has 0 aliphatic rings. The number of rotatable bonds is 3. The van der Waals surface area contributed by atoms with Crippen LogP contribution in [0.1, 0.15) is 0 Å². The van der Waals surface area contributed by atoms with E-state index in [1.807, 2.05) is 14.1 Å². The minimum absolute atomic E-state index is 0. The van der Waals surface area contributed by atoms with Crippen molar-refractivity contribution in [2.24, 2.45) is 14.1 Å². The third-order valence-electron chi connectivity index (χ3n) is 2.26. The van der Waals surface area contributed by atoms with Crippen LogP contribution in [0.25, 0.3) is 0 Å². The van der Waals surface area contributed by atoms with E-state index in [1.165, 1.54) is 0 Å². The largest absolute Gasteiger partial charge is 1.00 e. The summed E-state index contributed by atoms with van der Waals surface area (Å²) >= 11 is 0. The smallest absolute Gasteiger partial charge is 0.243 e. The van der Waals surface area contributed by atoms with Gasteiger partial charge in [-0.15, -0.1) is 0 Å². The van der Waals surface area contributed by atoms with Crippen molar-refractivity contribution in [1.29, 1.82) is 0 Å². The van der Waals surface area contributed by atoms with Crippen LogP contribution in [0.4, 0.5) is 0 Å². The lowest BCUT2D eigenvalue weighted by Gasteiger charge is -1.92. The molecule has 0 aliphatic carbocycles. The molecule has 0 atom stereocenters. The molecule has 0 bridgehead atoms. The van der Waals surface area contributed by atoms with Gasteiger partial charge < -0.3 is 48.0 Å². The van der Waals surface area contributed by atoms with Gasteiger partial charge in [-0.2, -0.15) is 0 Å². The summed E-state index contributed by atoms with van der Waals surface area (Å²) < 4.78 is 8.46. The Labute approximate surface area is 130 Å². The zero-order chi connectivity index (χ0) is 9.97. The Morgan fingerprint density at radius 2 is 1.19 bits per heavy atom. The summed E-state index contributed by atoms with van der Waals surface area (Å²) in [5.74, 6) is 0. The molecule has 0 fully saturated rings. The zero-order valence-corrected chi connectivity index (χ0v) is 13.7. The van der Waals surface area contributed by atoms with Gasteiger partial charge in [0.15, 0.2) is 0 Å². The molecule has 2 aromatic rings. The molecular weight excluding hydrogens is 430 g/mol. The number of hydrogen-bond donors (Lipinski definition) is 0. The summed E-state index contributed by atoms with van der Waals surface area (Å²) in [5, 5.41) is 0. The van der Waals surface area contributed by atoms with E-state index in [4.69, 9.17) is 0 Å². The van der Waals surface area contributed by atoms with Crippen molar-refractivity contribution in [3.05, 3.63) is 37.4 Å². The van der Waals surface area contributed by atoms with E-state index >= 15 is 0 Å². The SMILES string of the molecule is C[n+]1ccn(CCn2cc[n+](C)c2)c1.[I-].[I-]. The molecule has 0 aromatic carbocycles. The summed E-state index contributed by atoms with van der Waals surface area (Å²) in [6.07, 6.45) is 12.4. The highest BCUT2D eigenvalue weighted by Gasteiger charge is 2.03. The Morgan fingerprint density at radius 3 is 1.44 bits per heavy atom. The fraction of sp³-hybridized carbons (Fsp3) is 0.400. The van der Waals surface area contributed by atoms with E-state index in [0.29, 0.717) is 0 Å². The van der Waals surface area contributed by atoms with Gasteiger partial charge in [0.2, 0.25) is 12.7 Å². The fourth-order valence-corrected chi connectivity index (χ4v) is 1.50. The lowest BCUT2D eigenvalue weighted by Crippen LogP contribution is -3.00. The van der Waals surface area contributed by atoms with Gasteiger partial charge in [0.25, 0.3) is 0 Å². The summed E-state index contributed by atoms with van der Waals surface area (Å²) in [5.41, 5.74) is 0. The second kappa shape index (κ2) is 7.25. The van der Waals surface area contributed by atoms with E-state index in [9.17, 15) is 0 Å². The molecule has 0 unspecified atom stereocenters. The Kier molecular flexibility index (Phi) is 7.20. The fourth-order valence-electron chi connectivity index (χ4n) is 1.50. The van der Waals surface area contributed by atoms with Crippen molar-refractivity contribution in [1.82, 2.24) is 9.13 Å². The van der Waals surface area contributed by atoms with Crippen molar-refractivity contribution >= 4 is 0 Å². The summed E-state index contributed by atoms with van der Waals surface area (Å²) in [7, 11) is 4.07. The van der Waals surface area contributed by atoms with Gasteiger partial charge in [-0.1, -0.05) is 0 Å². The molecule has 16 heavy (non-hydrogen) atoms. The Balaban J connectivity index is 0.00000112. The van der Waals surface area contributed by atoms with Gasteiger partial charge in [0.05, 0.1) is 14.1 Å². The van der Waals surface area contributed by atoms with Gasteiger partial charge in [0, 0.05) is 0 Å². The van der Waals surface area contributed by atoms with E-state index in [2.05, 4.69) is 55.7 Å². The van der Waals surface area contributed by atoms with Crippen LogP contribution in [-0.2, 0) is 27.2 Å². The third kappa shape index (κ3) is 4.40. The van der Waals surface area contributed by atoms with Gasteiger partial charge in [-0.25, -0.2) is 18.3 Å². The van der Waals surface area contributed by atoms with E-state index < -0.39 is 0 Å². The lowest BCUT2D eigenvalue weighted by atomic mass is 10.6. The molecule has 6 heteroatoms. The van der Waals surface area contributed by atoms with Gasteiger partial charge in [-0.3, -0.25) is 0 Å². The average Bonchev–Trinajstić information content (AvgIpc) is 2.72. The molecule has 2 heterocycles. The van der Waals surface area contributed by atoms with Crippen molar-refractivity contribution in [3.8, 4) is 0 Å². The van der Waals surface area contributed by atoms with Crippen molar-refractivity contribution in [2.45, 2.75) is 13.1 Å². The van der Waals surface area contributed by atoms with Crippen molar-refractivity contribution < 1.29 is 57.1 Å². The van der Waals surface area contributed by atoms with E-state index in [1.54, 1.807) is 0 Å². The Hall–Kier alpha value is -0.120. The molecule has 0 saturated heterocycles. The predicted octanol–water partition coefficient (Wildman–Crippen LogP) is -6.35. The standard InChI is InChI=1S/C10H16N4.2HI/c1-11-3-5-13(9-11)7-8-14-6-4-12(2)10-14;;/h3-6,9-10H,7-8H2,1-2H3;2*1H/q+2;;/p-2. The molecule has 0 radical (unpaired) electrons. The Bertz CT molecular complexity index is 382. The molecule has 2 aromatic heterocycles. The minimum atomic E-state index is 0. The quantitative estimate of drug-likeness (QED) is 0.330. The molecular formula is C10H16I2N4. The first-order valence-corrected chi connectivity index (χ1v) is 4.76. The highest BCUT2D eigenvalue weighted by Crippen LogP contribution is 1.89. The zero-order valence-electron chi connectivity index (χ0n) is 9.42. The first kappa shape index (κ1) is 15.9. The van der Waals surface area contributed by atoms with Crippen molar-refractivity contribution in [2.75, 3.05) is 0 Å². The van der Waals surface area contributed by atoms with Crippen LogP contribution in [0.15, 0.2) is 37.4 Å². The van der Waals surface area contributed by atoms with Crippen LogP contribution < -0.4 is 57.1 Å². The van der Waals surface area contributed by atoms with Gasteiger partial charge in [-0.05, 0) is 0 Å². The number of imidazole rings is 2.